The summed E-state index contributed by atoms with van der Waals surface area (Å²) in [5.74, 6) is 0.810. The molecule has 4 N–H and O–H groups in total. The van der Waals surface area contributed by atoms with Crippen LogP contribution in [0.4, 0.5) is 17.6 Å². The molecule has 4 rings (SSSR count). The van der Waals surface area contributed by atoms with Crippen LogP contribution in [-0.4, -0.2) is 32.3 Å². The summed E-state index contributed by atoms with van der Waals surface area (Å²) < 4.78 is 113. The van der Waals surface area contributed by atoms with E-state index in [-0.39, 0.29) is 16.0 Å². The van der Waals surface area contributed by atoms with Gasteiger partial charge in [-0.1, -0.05) is 66.7 Å². The topological polar surface area (TPSA) is 162 Å². The summed E-state index contributed by atoms with van der Waals surface area (Å²) in [5.41, 5.74) is -10.7. The fraction of sp³-hybridized carbons (Fsp3) is 0.143. The van der Waals surface area contributed by atoms with Crippen LogP contribution in [0.25, 0.3) is 0 Å². The van der Waals surface area contributed by atoms with Crippen molar-refractivity contribution in [1.29, 1.82) is 0 Å². The average molecular weight is 690 g/mol. The molecule has 45 heavy (non-hydrogen) atoms. The van der Waals surface area contributed by atoms with Crippen LogP contribution in [0.15, 0.2) is 108 Å². The van der Waals surface area contributed by atoms with E-state index in [1.54, 1.807) is 30.3 Å². The lowest BCUT2D eigenvalue weighted by atomic mass is 10.1. The highest BCUT2D eigenvalue weighted by atomic mass is 32.2. The number of ether oxygens (including phenoxy) is 1. The first kappa shape index (κ1) is 34.5. The zero-order chi connectivity index (χ0) is 33.3. The minimum absolute atomic E-state index is 0.137. The van der Waals surface area contributed by atoms with Crippen LogP contribution in [0, 0.1) is 0 Å². The standard InChI is InChI=1S/C28H25F4NO9P2S/c29-27(30,43(34,35)36)22-10-6-20(7-11-22)18-33(19-21-8-12-23(13-9-21)28(31,32)44(37,38)39)45(40,41)26-16-14-25(15-17-26)42-24-4-2-1-3-5-24/h1-17H,18-19H2,(H2,34,35,36)(H2,37,38,39). The van der Waals surface area contributed by atoms with E-state index < -0.39 is 60.8 Å². The maximum atomic E-state index is 14.1. The number of hydrogen-bond acceptors (Lipinski definition) is 5. The maximum absolute atomic E-state index is 14.1. The lowest BCUT2D eigenvalue weighted by Crippen LogP contribution is -2.30. The number of sulfonamides is 1. The Labute approximate surface area is 254 Å². The summed E-state index contributed by atoms with van der Waals surface area (Å²) in [6.07, 6.45) is 0. The van der Waals surface area contributed by atoms with E-state index in [9.17, 15) is 35.1 Å². The normalized spacial score (nSPS) is 13.2. The molecule has 0 saturated carbocycles. The molecule has 0 saturated heterocycles. The van der Waals surface area contributed by atoms with Gasteiger partial charge in [0, 0.05) is 24.2 Å². The third kappa shape index (κ3) is 7.71. The number of benzene rings is 4. The maximum Gasteiger partial charge on any atom is 0.399 e. The Bertz CT molecular complexity index is 1750. The van der Waals surface area contributed by atoms with Crippen molar-refractivity contribution in [2.24, 2.45) is 0 Å². The molecule has 0 fully saturated rings. The molecule has 0 aliphatic heterocycles. The van der Waals surface area contributed by atoms with Crippen molar-refractivity contribution in [2.45, 2.75) is 29.3 Å². The molecule has 0 heterocycles. The minimum atomic E-state index is -5.85. The van der Waals surface area contributed by atoms with E-state index in [1.165, 1.54) is 24.3 Å². The molecule has 0 bridgehead atoms. The third-order valence-corrected chi connectivity index (χ3v) is 10.3. The summed E-state index contributed by atoms with van der Waals surface area (Å²) in [5, 5.41) is 0. The van der Waals surface area contributed by atoms with Crippen LogP contribution in [-0.2, 0) is 43.6 Å². The van der Waals surface area contributed by atoms with Gasteiger partial charge >= 0.3 is 26.5 Å². The molecule has 10 nitrogen and oxygen atoms in total. The summed E-state index contributed by atoms with van der Waals surface area (Å²) in [6.45, 7) is -0.903. The molecular weight excluding hydrogens is 664 g/mol. The molecule has 0 spiro atoms. The second kappa shape index (κ2) is 12.8. The first-order chi connectivity index (χ1) is 20.8. The molecule has 4 aromatic carbocycles. The van der Waals surface area contributed by atoms with Crippen LogP contribution >= 0.6 is 15.2 Å². The van der Waals surface area contributed by atoms with Gasteiger partial charge in [0.25, 0.3) is 0 Å². The van der Waals surface area contributed by atoms with Crippen molar-refractivity contribution in [3.8, 4) is 11.5 Å². The predicted octanol–water partition coefficient (Wildman–Crippen LogP) is 6.32. The van der Waals surface area contributed by atoms with Gasteiger partial charge in [-0.05, 0) is 47.5 Å². The predicted molar refractivity (Wildman–Crippen MR) is 154 cm³/mol. The quantitative estimate of drug-likeness (QED) is 0.0985. The molecule has 0 aliphatic rings. The Balaban J connectivity index is 1.66. The van der Waals surface area contributed by atoms with Gasteiger partial charge in [0.2, 0.25) is 10.0 Å². The van der Waals surface area contributed by atoms with Gasteiger partial charge in [0.1, 0.15) is 11.5 Å². The summed E-state index contributed by atoms with van der Waals surface area (Å²) in [6, 6.07) is 21.2. The highest BCUT2D eigenvalue weighted by Gasteiger charge is 2.51. The van der Waals surface area contributed by atoms with Crippen molar-refractivity contribution in [3.63, 3.8) is 0 Å². The molecule has 0 aromatic heterocycles. The number of para-hydroxylation sites is 1. The van der Waals surface area contributed by atoms with Crippen molar-refractivity contribution < 1.29 is 59.4 Å². The number of hydrogen-bond donors (Lipinski definition) is 4. The zero-order valence-corrected chi connectivity index (χ0v) is 25.4. The molecule has 0 atom stereocenters. The smallest absolute Gasteiger partial charge is 0.399 e. The van der Waals surface area contributed by atoms with Gasteiger partial charge in [0.05, 0.1) is 4.90 Å². The van der Waals surface area contributed by atoms with E-state index >= 15 is 0 Å². The Hall–Kier alpha value is -3.39. The molecule has 4 aromatic rings. The van der Waals surface area contributed by atoms with Gasteiger partial charge in [-0.2, -0.15) is 21.9 Å². The molecule has 0 aliphatic carbocycles. The summed E-state index contributed by atoms with van der Waals surface area (Å²) in [4.78, 5) is 35.8. The summed E-state index contributed by atoms with van der Waals surface area (Å²) in [7, 11) is -16.1. The Morgan fingerprint density at radius 3 is 1.36 bits per heavy atom. The lowest BCUT2D eigenvalue weighted by molar-refractivity contribution is 0.0564. The third-order valence-electron chi connectivity index (χ3n) is 6.49. The van der Waals surface area contributed by atoms with Gasteiger partial charge < -0.3 is 24.3 Å². The van der Waals surface area contributed by atoms with Crippen LogP contribution in [0.3, 0.4) is 0 Å². The van der Waals surface area contributed by atoms with Gasteiger partial charge in [-0.25, -0.2) is 8.42 Å². The Morgan fingerprint density at radius 2 is 0.978 bits per heavy atom. The molecule has 240 valence electrons. The first-order valence-electron chi connectivity index (χ1n) is 12.7. The monoisotopic (exact) mass is 689 g/mol. The fourth-order valence-electron chi connectivity index (χ4n) is 4.04. The number of rotatable bonds is 12. The second-order valence-corrected chi connectivity index (χ2v) is 15.0. The zero-order valence-electron chi connectivity index (χ0n) is 22.8. The van der Waals surface area contributed by atoms with E-state index in [1.807, 2.05) is 0 Å². The highest BCUT2D eigenvalue weighted by Crippen LogP contribution is 2.60. The first-order valence-corrected chi connectivity index (χ1v) is 17.4. The SMILES string of the molecule is O=P(O)(O)C(F)(F)c1ccc(CN(Cc2ccc(C(F)(F)P(=O)(O)O)cc2)S(=O)(=O)c2ccc(Oc3ccccc3)cc2)cc1. The summed E-state index contributed by atoms with van der Waals surface area (Å²) >= 11 is 0. The second-order valence-electron chi connectivity index (χ2n) is 9.72. The largest absolute Gasteiger partial charge is 0.457 e. The number of alkyl halides is 4. The van der Waals surface area contributed by atoms with Crippen LogP contribution < -0.4 is 4.74 Å². The van der Waals surface area contributed by atoms with Crippen LogP contribution in [0.5, 0.6) is 11.5 Å². The Kier molecular flexibility index (Phi) is 9.79. The van der Waals surface area contributed by atoms with E-state index in [4.69, 9.17) is 24.3 Å². The number of halogens is 4. The minimum Gasteiger partial charge on any atom is -0.457 e. The van der Waals surface area contributed by atoms with E-state index in [0.717, 1.165) is 52.8 Å². The van der Waals surface area contributed by atoms with Crippen molar-refractivity contribution in [1.82, 2.24) is 4.31 Å². The Morgan fingerprint density at radius 1 is 0.600 bits per heavy atom. The van der Waals surface area contributed by atoms with Gasteiger partial charge in [-0.3, -0.25) is 9.13 Å². The van der Waals surface area contributed by atoms with E-state index in [2.05, 4.69) is 0 Å². The molecule has 0 unspecified atom stereocenters. The van der Waals surface area contributed by atoms with Crippen molar-refractivity contribution in [2.75, 3.05) is 0 Å². The van der Waals surface area contributed by atoms with Gasteiger partial charge in [-0.15, -0.1) is 0 Å². The van der Waals surface area contributed by atoms with Crippen molar-refractivity contribution >= 4 is 25.2 Å². The fourth-order valence-corrected chi connectivity index (χ4v) is 6.43. The number of nitrogens with zero attached hydrogens (tertiary/aromatic N) is 1. The molecule has 17 heteroatoms. The molecular formula is C28H25F4NO9P2S. The van der Waals surface area contributed by atoms with Crippen molar-refractivity contribution in [3.05, 3.63) is 125 Å². The van der Waals surface area contributed by atoms with Crippen LogP contribution in [0.1, 0.15) is 22.3 Å². The molecule has 0 radical (unpaired) electrons. The highest BCUT2D eigenvalue weighted by molar-refractivity contribution is 7.89. The molecule has 0 amide bonds. The lowest BCUT2D eigenvalue weighted by Gasteiger charge is -2.24. The van der Waals surface area contributed by atoms with Gasteiger partial charge in [0.15, 0.2) is 0 Å². The van der Waals surface area contributed by atoms with E-state index in [0.29, 0.717) is 11.5 Å². The van der Waals surface area contributed by atoms with Crippen LogP contribution in [0.2, 0.25) is 0 Å². The average Bonchev–Trinajstić information content (AvgIpc) is 2.97.